The first-order chi connectivity index (χ1) is 16.5. The van der Waals surface area contributed by atoms with Crippen molar-refractivity contribution in [2.24, 2.45) is 5.92 Å². The molecular formula is C26H37N3O5S. The highest BCUT2D eigenvalue weighted by molar-refractivity contribution is 7.92. The second-order valence-corrected chi connectivity index (χ2v) is 10.9. The van der Waals surface area contributed by atoms with E-state index in [2.05, 4.69) is 5.32 Å². The monoisotopic (exact) mass is 503 g/mol. The quantitative estimate of drug-likeness (QED) is 0.479. The van der Waals surface area contributed by atoms with Crippen LogP contribution < -0.4 is 14.4 Å². The second-order valence-electron chi connectivity index (χ2n) is 8.95. The Morgan fingerprint density at radius 3 is 2.26 bits per heavy atom. The summed E-state index contributed by atoms with van der Waals surface area (Å²) in [4.78, 5) is 28.3. The lowest BCUT2D eigenvalue weighted by molar-refractivity contribution is -0.140. The minimum absolute atomic E-state index is 0.183. The van der Waals surface area contributed by atoms with E-state index in [4.69, 9.17) is 4.74 Å². The van der Waals surface area contributed by atoms with Crippen LogP contribution in [-0.2, 0) is 26.2 Å². The molecule has 0 heterocycles. The Hall–Kier alpha value is -3.07. The number of ether oxygens (including phenoxy) is 1. The van der Waals surface area contributed by atoms with Gasteiger partial charge in [0.1, 0.15) is 18.3 Å². The topological polar surface area (TPSA) is 96.0 Å². The molecule has 0 aliphatic heterocycles. The van der Waals surface area contributed by atoms with Crippen molar-refractivity contribution < 1.29 is 22.7 Å². The predicted molar refractivity (Wildman–Crippen MR) is 139 cm³/mol. The summed E-state index contributed by atoms with van der Waals surface area (Å²) in [5.74, 6) is -0.149. The summed E-state index contributed by atoms with van der Waals surface area (Å²) >= 11 is 0. The molecule has 2 amide bonds. The number of benzene rings is 2. The van der Waals surface area contributed by atoms with E-state index in [1.54, 1.807) is 24.3 Å². The highest BCUT2D eigenvalue weighted by Gasteiger charge is 2.32. The van der Waals surface area contributed by atoms with E-state index in [1.807, 2.05) is 52.0 Å². The fourth-order valence-corrected chi connectivity index (χ4v) is 4.60. The number of hydrogen-bond acceptors (Lipinski definition) is 5. The number of anilines is 1. The van der Waals surface area contributed by atoms with Gasteiger partial charge in [0.25, 0.3) is 0 Å². The molecule has 2 aromatic rings. The van der Waals surface area contributed by atoms with Crippen molar-refractivity contribution >= 4 is 27.5 Å². The van der Waals surface area contributed by atoms with Crippen molar-refractivity contribution in [3.63, 3.8) is 0 Å². The van der Waals surface area contributed by atoms with Crippen LogP contribution in [0, 0.1) is 12.8 Å². The molecule has 2 aromatic carbocycles. The van der Waals surface area contributed by atoms with Gasteiger partial charge in [-0.25, -0.2) is 8.42 Å². The summed E-state index contributed by atoms with van der Waals surface area (Å²) in [7, 11) is -2.39. The number of carbonyl (C=O) groups excluding carboxylic acids is 2. The van der Waals surface area contributed by atoms with Crippen LogP contribution in [0.15, 0.2) is 48.5 Å². The third kappa shape index (κ3) is 7.71. The highest BCUT2D eigenvalue weighted by Crippen LogP contribution is 2.29. The zero-order valence-electron chi connectivity index (χ0n) is 21.4. The van der Waals surface area contributed by atoms with Crippen molar-refractivity contribution in [1.82, 2.24) is 10.2 Å². The van der Waals surface area contributed by atoms with Crippen LogP contribution in [-0.4, -0.2) is 57.6 Å². The number of hydrogen-bond donors (Lipinski definition) is 1. The molecule has 1 atom stereocenters. The van der Waals surface area contributed by atoms with E-state index in [0.29, 0.717) is 18.7 Å². The molecule has 0 unspecified atom stereocenters. The molecule has 0 saturated heterocycles. The molecule has 0 radical (unpaired) electrons. The summed E-state index contributed by atoms with van der Waals surface area (Å²) in [5, 5.41) is 2.92. The number of carbonyl (C=O) groups is 2. The van der Waals surface area contributed by atoms with Crippen LogP contribution in [0.2, 0.25) is 0 Å². The molecule has 0 bridgehead atoms. The molecular weight excluding hydrogens is 466 g/mol. The smallest absolute Gasteiger partial charge is 0.244 e. The summed E-state index contributed by atoms with van der Waals surface area (Å²) in [5.41, 5.74) is 2.13. The molecule has 0 spiro atoms. The maximum Gasteiger partial charge on any atom is 0.244 e. The first-order valence-electron chi connectivity index (χ1n) is 11.7. The number of para-hydroxylation sites is 2. The van der Waals surface area contributed by atoms with Gasteiger partial charge in [0, 0.05) is 13.1 Å². The molecule has 0 aliphatic carbocycles. The number of methoxy groups -OCH3 is 1. The third-order valence-electron chi connectivity index (χ3n) is 5.71. The van der Waals surface area contributed by atoms with Gasteiger partial charge in [0.2, 0.25) is 21.8 Å². The minimum atomic E-state index is -3.83. The standard InChI is InChI=1S/C26H37N3O5S/c1-7-22(26(31)27-16-19(2)3)28(17-21-13-9-8-12-20(21)4)25(30)18-29(35(6,32)33)23-14-10-11-15-24(23)34-5/h8-15,19,22H,7,16-18H2,1-6H3,(H,27,31)/t22-/m1/s1. The van der Waals surface area contributed by atoms with Gasteiger partial charge < -0.3 is 15.0 Å². The average molecular weight is 504 g/mol. The molecule has 0 aromatic heterocycles. The molecule has 2 rings (SSSR count). The Balaban J connectivity index is 2.47. The van der Waals surface area contributed by atoms with E-state index in [9.17, 15) is 18.0 Å². The van der Waals surface area contributed by atoms with Gasteiger partial charge in [-0.2, -0.15) is 0 Å². The van der Waals surface area contributed by atoms with Crippen LogP contribution in [0.5, 0.6) is 5.75 Å². The number of rotatable bonds is 12. The van der Waals surface area contributed by atoms with Crippen molar-refractivity contribution in [2.45, 2.75) is 46.7 Å². The summed E-state index contributed by atoms with van der Waals surface area (Å²) in [6.45, 7) is 7.98. The van der Waals surface area contributed by atoms with E-state index in [-0.39, 0.29) is 24.1 Å². The second kappa shape index (κ2) is 12.6. The van der Waals surface area contributed by atoms with Gasteiger partial charge in [-0.3, -0.25) is 13.9 Å². The maximum absolute atomic E-state index is 13.7. The number of nitrogens with one attached hydrogen (secondary N) is 1. The van der Waals surface area contributed by atoms with Crippen LogP contribution >= 0.6 is 0 Å². The number of amides is 2. The molecule has 0 aliphatic rings. The van der Waals surface area contributed by atoms with Gasteiger partial charge in [0.05, 0.1) is 19.1 Å². The van der Waals surface area contributed by atoms with Crippen molar-refractivity contribution in [2.75, 3.05) is 30.8 Å². The number of aryl methyl sites for hydroxylation is 1. The predicted octanol–water partition coefficient (Wildman–Crippen LogP) is 3.35. The van der Waals surface area contributed by atoms with Gasteiger partial charge in [0.15, 0.2) is 0 Å². The molecule has 192 valence electrons. The first kappa shape index (κ1) is 28.2. The lowest BCUT2D eigenvalue weighted by Crippen LogP contribution is -2.52. The average Bonchev–Trinajstić information content (AvgIpc) is 2.81. The Kier molecular flexibility index (Phi) is 10.1. The zero-order chi connectivity index (χ0) is 26.2. The Labute approximate surface area is 209 Å². The van der Waals surface area contributed by atoms with E-state index in [0.717, 1.165) is 21.7 Å². The number of sulfonamides is 1. The van der Waals surface area contributed by atoms with E-state index >= 15 is 0 Å². The fourth-order valence-electron chi connectivity index (χ4n) is 3.74. The van der Waals surface area contributed by atoms with Gasteiger partial charge in [-0.15, -0.1) is 0 Å². The third-order valence-corrected chi connectivity index (χ3v) is 6.83. The van der Waals surface area contributed by atoms with Gasteiger partial charge in [-0.05, 0) is 42.5 Å². The van der Waals surface area contributed by atoms with Crippen LogP contribution in [0.25, 0.3) is 0 Å². The Bertz CT molecular complexity index is 1120. The largest absolute Gasteiger partial charge is 0.495 e. The minimum Gasteiger partial charge on any atom is -0.495 e. The summed E-state index contributed by atoms with van der Waals surface area (Å²) in [6.07, 6.45) is 1.43. The highest BCUT2D eigenvalue weighted by atomic mass is 32.2. The molecule has 9 heteroatoms. The summed E-state index contributed by atoms with van der Waals surface area (Å²) in [6, 6.07) is 13.5. The molecule has 0 fully saturated rings. The number of nitrogens with zero attached hydrogens (tertiary/aromatic N) is 2. The lowest BCUT2D eigenvalue weighted by Gasteiger charge is -2.33. The zero-order valence-corrected chi connectivity index (χ0v) is 22.3. The maximum atomic E-state index is 13.7. The van der Waals surface area contributed by atoms with Gasteiger partial charge >= 0.3 is 0 Å². The van der Waals surface area contributed by atoms with Crippen LogP contribution in [0.4, 0.5) is 5.69 Å². The van der Waals surface area contributed by atoms with Crippen molar-refractivity contribution in [3.05, 3.63) is 59.7 Å². The fraction of sp³-hybridized carbons (Fsp3) is 0.462. The molecule has 0 saturated carbocycles. The van der Waals surface area contributed by atoms with Gasteiger partial charge in [-0.1, -0.05) is 57.2 Å². The van der Waals surface area contributed by atoms with E-state index < -0.39 is 28.5 Å². The van der Waals surface area contributed by atoms with Crippen molar-refractivity contribution in [1.29, 1.82) is 0 Å². The molecule has 1 N–H and O–H groups in total. The van der Waals surface area contributed by atoms with Crippen LogP contribution in [0.1, 0.15) is 38.3 Å². The Morgan fingerprint density at radius 2 is 1.69 bits per heavy atom. The molecule has 35 heavy (non-hydrogen) atoms. The van der Waals surface area contributed by atoms with Crippen molar-refractivity contribution in [3.8, 4) is 5.75 Å². The normalized spacial score (nSPS) is 12.2. The lowest BCUT2D eigenvalue weighted by atomic mass is 10.1. The summed E-state index contributed by atoms with van der Waals surface area (Å²) < 4.78 is 31.8. The first-order valence-corrected chi connectivity index (χ1v) is 13.6. The van der Waals surface area contributed by atoms with E-state index in [1.165, 1.54) is 12.0 Å². The van der Waals surface area contributed by atoms with Crippen LogP contribution in [0.3, 0.4) is 0 Å². The SMILES string of the molecule is CC[C@H](C(=O)NCC(C)C)N(Cc1ccccc1C)C(=O)CN(c1ccccc1OC)S(C)(=O)=O. The molecule has 8 nitrogen and oxygen atoms in total. The Morgan fingerprint density at radius 1 is 1.06 bits per heavy atom.